The van der Waals surface area contributed by atoms with Gasteiger partial charge in [-0.25, -0.2) is 4.99 Å². The number of halogens is 2. The van der Waals surface area contributed by atoms with Gasteiger partial charge in [0.05, 0.1) is 6.54 Å². The number of allylic oxidation sites excluding steroid dienone is 1. The summed E-state index contributed by atoms with van der Waals surface area (Å²) in [5, 5.41) is 0. The van der Waals surface area contributed by atoms with Crippen molar-refractivity contribution in [1.82, 2.24) is 0 Å². The molecule has 1 aliphatic carbocycles. The quantitative estimate of drug-likeness (QED) is 0.523. The average Bonchev–Trinajstić information content (AvgIpc) is 3.29. The number of benzene rings is 2. The Kier molecular flexibility index (Phi) is 15.1. The zero-order valence-corrected chi connectivity index (χ0v) is 18.3. The third-order valence-corrected chi connectivity index (χ3v) is 3.69. The normalized spacial score (nSPS) is 14.9. The Hall–Kier alpha value is -1.37. The molecule has 0 fully saturated rings. The van der Waals surface area contributed by atoms with E-state index in [4.69, 9.17) is 0 Å². The molecular weight excluding hydrogens is 415 g/mol. The van der Waals surface area contributed by atoms with Gasteiger partial charge in [-0.05, 0) is 17.0 Å². The molecule has 0 saturated heterocycles. The van der Waals surface area contributed by atoms with Gasteiger partial charge in [0.25, 0.3) is 0 Å². The second-order valence-electron chi connectivity index (χ2n) is 6.34. The van der Waals surface area contributed by atoms with Gasteiger partial charge in [-0.3, -0.25) is 4.99 Å². The van der Waals surface area contributed by atoms with Crippen LogP contribution in [0.5, 0.6) is 0 Å². The average molecular weight is 439 g/mol. The van der Waals surface area contributed by atoms with Crippen LogP contribution in [-0.4, -0.2) is 19.1 Å². The molecule has 2 aromatic carbocycles. The number of nitrogens with zero attached hydrogens (tertiary/aromatic N) is 2. The van der Waals surface area contributed by atoms with Crippen LogP contribution in [0.3, 0.4) is 0 Å². The maximum absolute atomic E-state index is 4.20. The van der Waals surface area contributed by atoms with Gasteiger partial charge in [-0.1, -0.05) is 50.3 Å². The van der Waals surface area contributed by atoms with Gasteiger partial charge in [-0.2, -0.15) is 41.8 Å². The van der Waals surface area contributed by atoms with E-state index in [1.165, 1.54) is 11.1 Å². The molecule has 1 atom stereocenters. The smallest absolute Gasteiger partial charge is 1.00 e. The third-order valence-electron chi connectivity index (χ3n) is 3.69. The SMILES string of the molecule is C1=NC=NC1.[CH2-]C(C)(C)C1C=Cc2ccccc21.[Cl-].[Cl-].[Cr+4].[c-]1ccccc1. The van der Waals surface area contributed by atoms with Crippen LogP contribution in [0.2, 0.25) is 0 Å². The van der Waals surface area contributed by atoms with Crippen molar-refractivity contribution in [3.8, 4) is 0 Å². The molecule has 4 rings (SSSR count). The summed E-state index contributed by atoms with van der Waals surface area (Å²) in [6, 6.07) is 21.1. The van der Waals surface area contributed by atoms with Gasteiger partial charge in [0.2, 0.25) is 0 Å². The van der Waals surface area contributed by atoms with Crippen LogP contribution in [0.4, 0.5) is 0 Å². The molecule has 5 heteroatoms. The first-order chi connectivity index (χ1) is 11.6. The van der Waals surface area contributed by atoms with E-state index in [1.54, 1.807) is 12.6 Å². The molecule has 2 nitrogen and oxygen atoms in total. The number of rotatable bonds is 1. The number of hydrogen-bond acceptors (Lipinski definition) is 2. The van der Waals surface area contributed by atoms with Crippen LogP contribution in [-0.2, 0) is 17.4 Å². The zero-order valence-electron chi connectivity index (χ0n) is 15.6. The van der Waals surface area contributed by atoms with Crippen LogP contribution < -0.4 is 24.8 Å². The van der Waals surface area contributed by atoms with Crippen LogP contribution in [0.15, 0.2) is 70.7 Å². The van der Waals surface area contributed by atoms with E-state index < -0.39 is 0 Å². The summed E-state index contributed by atoms with van der Waals surface area (Å²) >= 11 is 0. The van der Waals surface area contributed by atoms with E-state index >= 15 is 0 Å². The van der Waals surface area contributed by atoms with E-state index in [0.29, 0.717) is 5.92 Å². The van der Waals surface area contributed by atoms with Crippen LogP contribution in [0.1, 0.15) is 30.9 Å². The molecule has 2 aliphatic rings. The Bertz CT molecular complexity index is 671. The Morgan fingerprint density at radius 3 is 2.11 bits per heavy atom. The number of fused-ring (bicyclic) bond motifs is 1. The van der Waals surface area contributed by atoms with Crippen LogP contribution in [0.25, 0.3) is 6.08 Å². The fraction of sp³-hybridized carbons (Fsp3) is 0.227. The van der Waals surface area contributed by atoms with Crippen molar-refractivity contribution in [1.29, 1.82) is 0 Å². The van der Waals surface area contributed by atoms with Crippen molar-refractivity contribution in [2.24, 2.45) is 15.4 Å². The first-order valence-electron chi connectivity index (χ1n) is 8.12. The number of hydrogen-bond donors (Lipinski definition) is 0. The molecule has 27 heavy (non-hydrogen) atoms. The molecule has 0 amide bonds. The van der Waals surface area contributed by atoms with E-state index in [9.17, 15) is 0 Å². The Morgan fingerprint density at radius 2 is 1.70 bits per heavy atom. The van der Waals surface area contributed by atoms with Gasteiger partial charge < -0.3 is 31.7 Å². The topological polar surface area (TPSA) is 24.7 Å². The standard InChI is InChI=1S/C13H15.C6H5.C3H4N2.2ClH.Cr/c1-13(2,3)12-9-8-10-6-4-5-7-11(10)12;1-2-4-6-5-3-1;1-2-5-3-4-1;;;/h4-9,12H,1H2,2-3H3;1-5H;1,3H,2H2;2*1H;/q2*-1;;;;+4/p-2. The summed E-state index contributed by atoms with van der Waals surface area (Å²) in [4.78, 5) is 7.40. The maximum Gasteiger partial charge on any atom is 4.00 e. The summed E-state index contributed by atoms with van der Waals surface area (Å²) in [6.07, 6.45) is 7.78. The largest absolute Gasteiger partial charge is 4.00 e. The molecule has 0 spiro atoms. The Morgan fingerprint density at radius 1 is 1.04 bits per heavy atom. The fourth-order valence-electron chi connectivity index (χ4n) is 2.51. The van der Waals surface area contributed by atoms with E-state index in [1.807, 2.05) is 30.3 Å². The molecule has 0 N–H and O–H groups in total. The summed E-state index contributed by atoms with van der Waals surface area (Å²) in [7, 11) is 0. The summed E-state index contributed by atoms with van der Waals surface area (Å²) in [6.45, 7) is 9.35. The predicted molar refractivity (Wildman–Crippen MR) is 104 cm³/mol. The van der Waals surface area contributed by atoms with E-state index in [-0.39, 0.29) is 47.6 Å². The van der Waals surface area contributed by atoms with E-state index in [2.05, 4.69) is 73.2 Å². The van der Waals surface area contributed by atoms with Crippen molar-refractivity contribution >= 4 is 18.6 Å². The second kappa shape index (κ2) is 14.7. The molecule has 0 saturated carbocycles. The van der Waals surface area contributed by atoms with E-state index in [0.717, 1.165) is 6.54 Å². The molecule has 0 bridgehead atoms. The molecule has 1 aliphatic heterocycles. The molecule has 142 valence electrons. The molecule has 1 unspecified atom stereocenters. The summed E-state index contributed by atoms with van der Waals surface area (Å²) in [5.74, 6) is 0.476. The number of aliphatic imine (C=N–C) groups is 2. The van der Waals surface area contributed by atoms with Gasteiger partial charge in [0.1, 0.15) is 6.34 Å². The molecule has 0 radical (unpaired) electrons. The fourth-order valence-corrected chi connectivity index (χ4v) is 2.51. The first kappa shape index (κ1) is 27.8. The minimum absolute atomic E-state index is 0. The Balaban J connectivity index is 0. The van der Waals surface area contributed by atoms with Gasteiger partial charge >= 0.3 is 17.4 Å². The van der Waals surface area contributed by atoms with Crippen LogP contribution >= 0.6 is 0 Å². The maximum atomic E-state index is 4.20. The minimum atomic E-state index is 0. The van der Waals surface area contributed by atoms with Crippen molar-refractivity contribution in [3.63, 3.8) is 0 Å². The minimum Gasteiger partial charge on any atom is -1.00 e. The molecular formula is C22H24Cl2CrN2. The zero-order chi connectivity index (χ0) is 17.3. The summed E-state index contributed by atoms with van der Waals surface area (Å²) in [5.41, 5.74) is 2.86. The van der Waals surface area contributed by atoms with Crippen LogP contribution in [0, 0.1) is 18.4 Å². The predicted octanol–water partition coefficient (Wildman–Crippen LogP) is -0.751. The van der Waals surface area contributed by atoms with Crippen molar-refractivity contribution in [2.45, 2.75) is 19.8 Å². The monoisotopic (exact) mass is 438 g/mol. The Labute approximate surface area is 186 Å². The summed E-state index contributed by atoms with van der Waals surface area (Å²) < 4.78 is 0. The van der Waals surface area contributed by atoms with Gasteiger partial charge in [0, 0.05) is 6.21 Å². The van der Waals surface area contributed by atoms with Gasteiger partial charge in [0.15, 0.2) is 0 Å². The molecule has 2 aromatic rings. The first-order valence-corrected chi connectivity index (χ1v) is 8.12. The van der Waals surface area contributed by atoms with Crippen molar-refractivity contribution in [2.75, 3.05) is 6.54 Å². The van der Waals surface area contributed by atoms with Crippen molar-refractivity contribution in [3.05, 3.63) is 84.8 Å². The third kappa shape index (κ3) is 9.94. The van der Waals surface area contributed by atoms with Crippen molar-refractivity contribution < 1.29 is 42.2 Å². The molecule has 0 aromatic heterocycles. The molecule has 1 heterocycles. The van der Waals surface area contributed by atoms with Gasteiger partial charge in [-0.15, -0.1) is 0 Å². The second-order valence-corrected chi connectivity index (χ2v) is 6.34.